The lowest BCUT2D eigenvalue weighted by molar-refractivity contribution is -0.155. The highest BCUT2D eigenvalue weighted by Crippen LogP contribution is 2.35. The first-order valence-electron chi connectivity index (χ1n) is 9.81. The molecule has 1 aliphatic heterocycles. The van der Waals surface area contributed by atoms with E-state index in [0.717, 1.165) is 19.3 Å². The highest BCUT2D eigenvalue weighted by Gasteiger charge is 2.39. The van der Waals surface area contributed by atoms with Gasteiger partial charge in [-0.1, -0.05) is 25.0 Å². The van der Waals surface area contributed by atoms with Gasteiger partial charge in [-0.3, -0.25) is 9.59 Å². The van der Waals surface area contributed by atoms with Crippen LogP contribution in [-0.2, 0) is 14.3 Å². The molecule has 1 aromatic rings. The number of aliphatic hydroxyl groups excluding tert-OH is 1. The summed E-state index contributed by atoms with van der Waals surface area (Å²) in [6.45, 7) is 1.15. The number of benzene rings is 1. The quantitative estimate of drug-likeness (QED) is 0.819. The van der Waals surface area contributed by atoms with Gasteiger partial charge in [0.15, 0.2) is 0 Å². The van der Waals surface area contributed by atoms with Gasteiger partial charge in [-0.15, -0.1) is 0 Å². The summed E-state index contributed by atoms with van der Waals surface area (Å²) < 4.78 is 18.0. The van der Waals surface area contributed by atoms with E-state index in [0.29, 0.717) is 37.9 Å². The Bertz CT molecular complexity index is 655. The number of methoxy groups -OCH3 is 1. The monoisotopic (exact) mass is 377 g/mol. The topological polar surface area (TPSA) is 66.8 Å². The fourth-order valence-electron chi connectivity index (χ4n) is 4.46. The number of aliphatic hydroxyl groups is 1. The maximum atomic E-state index is 13.1. The van der Waals surface area contributed by atoms with E-state index in [2.05, 4.69) is 0 Å². The first-order chi connectivity index (χ1) is 13.0. The Morgan fingerprint density at radius 1 is 1.07 bits per heavy atom. The first-order valence-corrected chi connectivity index (χ1v) is 9.81. The summed E-state index contributed by atoms with van der Waals surface area (Å²) in [5.41, 5.74) is 0.708. The molecule has 3 rings (SSSR count). The number of hydrogen-bond donors (Lipinski definition) is 1. The Hall–Kier alpha value is -1.95. The van der Waals surface area contributed by atoms with Crippen LogP contribution < -0.4 is 0 Å². The maximum absolute atomic E-state index is 13.1. The van der Waals surface area contributed by atoms with Crippen LogP contribution in [0.2, 0.25) is 0 Å². The molecule has 0 unspecified atom stereocenters. The van der Waals surface area contributed by atoms with Gasteiger partial charge in [0.2, 0.25) is 5.91 Å². The molecule has 0 aromatic heterocycles. The molecule has 6 heteroatoms. The lowest BCUT2D eigenvalue weighted by Crippen LogP contribution is -2.46. The van der Waals surface area contributed by atoms with Gasteiger partial charge in [0.25, 0.3) is 0 Å². The van der Waals surface area contributed by atoms with Gasteiger partial charge in [0, 0.05) is 13.1 Å². The number of rotatable bonds is 4. The van der Waals surface area contributed by atoms with Crippen LogP contribution >= 0.6 is 0 Å². The van der Waals surface area contributed by atoms with Gasteiger partial charge in [0.05, 0.1) is 25.0 Å². The molecule has 3 atom stereocenters. The van der Waals surface area contributed by atoms with Gasteiger partial charge in [0.1, 0.15) is 5.82 Å². The second-order valence-corrected chi connectivity index (χ2v) is 7.68. The molecule has 1 aromatic carbocycles. The van der Waals surface area contributed by atoms with Crippen molar-refractivity contribution in [2.24, 2.45) is 17.8 Å². The van der Waals surface area contributed by atoms with Gasteiger partial charge in [-0.2, -0.15) is 0 Å². The number of halogens is 1. The fourth-order valence-corrected chi connectivity index (χ4v) is 4.46. The zero-order chi connectivity index (χ0) is 19.4. The van der Waals surface area contributed by atoms with Crippen molar-refractivity contribution < 1.29 is 23.8 Å². The Labute approximate surface area is 159 Å². The van der Waals surface area contributed by atoms with Crippen molar-refractivity contribution in [3.63, 3.8) is 0 Å². The minimum Gasteiger partial charge on any atom is -0.469 e. The van der Waals surface area contributed by atoms with Crippen LogP contribution in [0.15, 0.2) is 24.3 Å². The van der Waals surface area contributed by atoms with E-state index in [4.69, 9.17) is 4.74 Å². The second-order valence-electron chi connectivity index (χ2n) is 7.68. The standard InChI is InChI=1S/C21H28FNO4/c1-27-21(26)18-5-3-2-4-17(18)20(25)23-12-10-15(11-13-23)19(24)14-6-8-16(22)9-7-14/h6-9,15,17-19,24H,2-5,10-13H2,1H3/t17-,18+,19-/m0/s1. The second kappa shape index (κ2) is 8.83. The molecule has 1 saturated heterocycles. The predicted molar refractivity (Wildman–Crippen MR) is 98.1 cm³/mol. The van der Waals surface area contributed by atoms with E-state index >= 15 is 0 Å². The van der Waals surface area contributed by atoms with Gasteiger partial charge < -0.3 is 14.7 Å². The molecule has 0 spiro atoms. The molecule has 27 heavy (non-hydrogen) atoms. The Balaban J connectivity index is 1.58. The lowest BCUT2D eigenvalue weighted by atomic mass is 9.78. The van der Waals surface area contributed by atoms with E-state index in [9.17, 15) is 19.1 Å². The number of hydrogen-bond acceptors (Lipinski definition) is 4. The molecule has 1 heterocycles. The van der Waals surface area contributed by atoms with Crippen molar-refractivity contribution in [3.8, 4) is 0 Å². The van der Waals surface area contributed by atoms with Gasteiger partial charge >= 0.3 is 5.97 Å². The number of piperidine rings is 1. The third-order valence-corrected chi connectivity index (χ3v) is 6.10. The van der Waals surface area contributed by atoms with Crippen molar-refractivity contribution >= 4 is 11.9 Å². The third-order valence-electron chi connectivity index (χ3n) is 6.10. The number of esters is 1. The van der Waals surface area contributed by atoms with E-state index in [-0.39, 0.29) is 35.4 Å². The Kier molecular flexibility index (Phi) is 6.47. The number of likely N-dealkylation sites (tertiary alicyclic amines) is 1. The molecule has 1 N–H and O–H groups in total. The fraction of sp³-hybridized carbons (Fsp3) is 0.619. The highest BCUT2D eigenvalue weighted by atomic mass is 19.1. The SMILES string of the molecule is COC(=O)[C@@H]1CCCC[C@@H]1C(=O)N1CCC([C@@H](O)c2ccc(F)cc2)CC1. The van der Waals surface area contributed by atoms with Gasteiger partial charge in [-0.25, -0.2) is 4.39 Å². The van der Waals surface area contributed by atoms with Crippen molar-refractivity contribution in [2.75, 3.05) is 20.2 Å². The molecule has 2 aliphatic rings. The number of nitrogens with zero attached hydrogens (tertiary/aromatic N) is 1. The number of ether oxygens (including phenoxy) is 1. The summed E-state index contributed by atoms with van der Waals surface area (Å²) in [5.74, 6) is -1.14. The normalized spacial score (nSPS) is 25.1. The molecular weight excluding hydrogens is 349 g/mol. The number of carbonyl (C=O) groups excluding carboxylic acids is 2. The van der Waals surface area contributed by atoms with Crippen molar-refractivity contribution in [3.05, 3.63) is 35.6 Å². The summed E-state index contributed by atoms with van der Waals surface area (Å²) in [7, 11) is 1.38. The van der Waals surface area contributed by atoms with E-state index in [1.807, 2.05) is 4.90 Å². The number of carbonyl (C=O) groups is 2. The van der Waals surface area contributed by atoms with Crippen molar-refractivity contribution in [2.45, 2.75) is 44.6 Å². The average Bonchev–Trinajstić information content (AvgIpc) is 2.73. The smallest absolute Gasteiger partial charge is 0.309 e. The number of amides is 1. The average molecular weight is 377 g/mol. The maximum Gasteiger partial charge on any atom is 0.309 e. The van der Waals surface area contributed by atoms with Crippen molar-refractivity contribution in [1.82, 2.24) is 4.90 Å². The molecule has 148 valence electrons. The molecule has 0 radical (unpaired) electrons. The molecule has 2 fully saturated rings. The minimum atomic E-state index is -0.652. The first kappa shape index (κ1) is 19.8. The molecule has 1 saturated carbocycles. The lowest BCUT2D eigenvalue weighted by Gasteiger charge is -2.38. The summed E-state index contributed by atoms with van der Waals surface area (Å²) in [6.07, 6.45) is 4.10. The Morgan fingerprint density at radius 2 is 1.67 bits per heavy atom. The zero-order valence-electron chi connectivity index (χ0n) is 15.8. The van der Waals surface area contributed by atoms with Crippen LogP contribution in [0.1, 0.15) is 50.2 Å². The highest BCUT2D eigenvalue weighted by molar-refractivity contribution is 5.85. The van der Waals surface area contributed by atoms with E-state index < -0.39 is 6.10 Å². The van der Waals surface area contributed by atoms with Crippen molar-refractivity contribution in [1.29, 1.82) is 0 Å². The summed E-state index contributed by atoms with van der Waals surface area (Å²) in [6, 6.07) is 5.93. The molecule has 1 aliphatic carbocycles. The molecule has 0 bridgehead atoms. The van der Waals surface area contributed by atoms with Crippen LogP contribution in [0.5, 0.6) is 0 Å². The predicted octanol–water partition coefficient (Wildman–Crippen LogP) is 3.08. The van der Waals surface area contributed by atoms with E-state index in [1.165, 1.54) is 19.2 Å². The van der Waals surface area contributed by atoms with Crippen LogP contribution in [0.4, 0.5) is 4.39 Å². The largest absolute Gasteiger partial charge is 0.469 e. The zero-order valence-corrected chi connectivity index (χ0v) is 15.8. The van der Waals surface area contributed by atoms with Gasteiger partial charge in [-0.05, 0) is 49.3 Å². The summed E-state index contributed by atoms with van der Waals surface area (Å²) in [5, 5.41) is 10.6. The molecule has 5 nitrogen and oxygen atoms in total. The van der Waals surface area contributed by atoms with Crippen LogP contribution in [0, 0.1) is 23.6 Å². The third kappa shape index (κ3) is 4.49. The molecular formula is C21H28FNO4. The summed E-state index contributed by atoms with van der Waals surface area (Å²) in [4.78, 5) is 26.8. The Morgan fingerprint density at radius 3 is 2.26 bits per heavy atom. The minimum absolute atomic E-state index is 0.0415. The van der Waals surface area contributed by atoms with Crippen LogP contribution in [0.3, 0.4) is 0 Å². The van der Waals surface area contributed by atoms with E-state index in [1.54, 1.807) is 12.1 Å². The molecule has 1 amide bonds. The van der Waals surface area contributed by atoms with Crippen LogP contribution in [0.25, 0.3) is 0 Å². The van der Waals surface area contributed by atoms with Crippen LogP contribution in [-0.4, -0.2) is 42.1 Å². The summed E-state index contributed by atoms with van der Waals surface area (Å²) >= 11 is 0.